The maximum Gasteiger partial charge on any atom is 0.254 e. The van der Waals surface area contributed by atoms with E-state index in [1.807, 2.05) is 46.1 Å². The van der Waals surface area contributed by atoms with E-state index in [1.165, 1.54) is 5.56 Å². The van der Waals surface area contributed by atoms with Crippen LogP contribution in [-0.4, -0.2) is 44.5 Å². The van der Waals surface area contributed by atoms with E-state index < -0.39 is 0 Å². The maximum atomic E-state index is 12.5. The number of nitrogens with one attached hydrogen (secondary N) is 1. The summed E-state index contributed by atoms with van der Waals surface area (Å²) in [6, 6.07) is 8.13. The third kappa shape index (κ3) is 4.22. The summed E-state index contributed by atoms with van der Waals surface area (Å²) in [5.74, 6) is 0.559. The molecule has 142 valence electrons. The molecule has 2 heterocycles. The first-order chi connectivity index (χ1) is 12.8. The highest BCUT2D eigenvalue weighted by Crippen LogP contribution is 2.15. The number of nitrogens with zero attached hydrogens (tertiary/aromatic N) is 5. The van der Waals surface area contributed by atoms with Crippen LogP contribution >= 0.6 is 0 Å². The number of fused-ring (bicyclic) bond motifs is 1. The predicted molar refractivity (Wildman–Crippen MR) is 104 cm³/mol. The summed E-state index contributed by atoms with van der Waals surface area (Å²) in [5, 5.41) is 7.15. The second-order valence-electron chi connectivity index (χ2n) is 6.90. The van der Waals surface area contributed by atoms with Crippen LogP contribution in [0.4, 0.5) is 5.95 Å². The number of carbonyl (C=O) groups excluding carboxylic acids is 1. The van der Waals surface area contributed by atoms with E-state index >= 15 is 0 Å². The van der Waals surface area contributed by atoms with Crippen molar-refractivity contribution in [1.29, 1.82) is 0 Å². The van der Waals surface area contributed by atoms with Crippen LogP contribution in [0.25, 0.3) is 5.78 Å². The number of rotatable bonds is 6. The zero-order valence-electron chi connectivity index (χ0n) is 16.2. The summed E-state index contributed by atoms with van der Waals surface area (Å²) in [6.45, 7) is 5.09. The number of hydrogen-bond donors (Lipinski definition) is 2. The van der Waals surface area contributed by atoms with Crippen LogP contribution in [0, 0.1) is 13.8 Å². The standard InChI is InChI=1S/C19H25N7O/c1-12-16(13(2)26-19(22-12)23-18(20)24-26)9-17(27)21-10-14-7-5-6-8-15(14)11-25(3)4/h5-8H,9-11H2,1-4H3,(H2,20,24)(H,21,27). The Balaban J connectivity index is 1.73. The van der Waals surface area contributed by atoms with Gasteiger partial charge in [-0.25, -0.2) is 4.98 Å². The van der Waals surface area contributed by atoms with Crippen molar-refractivity contribution in [2.75, 3.05) is 19.8 Å². The largest absolute Gasteiger partial charge is 0.366 e. The maximum absolute atomic E-state index is 12.5. The fourth-order valence-corrected chi connectivity index (χ4v) is 3.12. The van der Waals surface area contributed by atoms with Gasteiger partial charge in [0, 0.05) is 30.0 Å². The number of aryl methyl sites for hydroxylation is 2. The summed E-state index contributed by atoms with van der Waals surface area (Å²) < 4.78 is 1.58. The molecule has 1 aromatic carbocycles. The number of hydrogen-bond acceptors (Lipinski definition) is 6. The lowest BCUT2D eigenvalue weighted by Gasteiger charge is -2.15. The number of anilines is 1. The van der Waals surface area contributed by atoms with Crippen LogP contribution in [0.2, 0.25) is 0 Å². The Morgan fingerprint density at radius 3 is 2.59 bits per heavy atom. The first-order valence-electron chi connectivity index (χ1n) is 8.81. The molecule has 1 amide bonds. The Hall–Kier alpha value is -3.00. The van der Waals surface area contributed by atoms with Crippen LogP contribution < -0.4 is 11.1 Å². The third-order valence-electron chi connectivity index (χ3n) is 4.48. The van der Waals surface area contributed by atoms with Gasteiger partial charge < -0.3 is 16.0 Å². The van der Waals surface area contributed by atoms with Gasteiger partial charge in [-0.15, -0.1) is 5.10 Å². The van der Waals surface area contributed by atoms with Crippen LogP contribution in [0.3, 0.4) is 0 Å². The van der Waals surface area contributed by atoms with Gasteiger partial charge in [-0.3, -0.25) is 4.79 Å². The minimum absolute atomic E-state index is 0.0601. The highest BCUT2D eigenvalue weighted by atomic mass is 16.1. The topological polar surface area (TPSA) is 101 Å². The fraction of sp³-hybridized carbons (Fsp3) is 0.368. The second kappa shape index (κ2) is 7.71. The van der Waals surface area contributed by atoms with Gasteiger partial charge in [0.1, 0.15) is 0 Å². The molecular weight excluding hydrogens is 342 g/mol. The Bertz CT molecular complexity index is 978. The summed E-state index contributed by atoms with van der Waals surface area (Å²) in [4.78, 5) is 23.1. The number of nitrogen functional groups attached to an aromatic ring is 1. The van der Waals surface area contributed by atoms with E-state index in [2.05, 4.69) is 31.3 Å². The van der Waals surface area contributed by atoms with Crippen LogP contribution in [0.1, 0.15) is 28.1 Å². The molecule has 0 aliphatic heterocycles. The van der Waals surface area contributed by atoms with Crippen LogP contribution in [0.5, 0.6) is 0 Å². The van der Waals surface area contributed by atoms with E-state index in [1.54, 1.807) is 4.52 Å². The van der Waals surface area contributed by atoms with E-state index in [9.17, 15) is 4.79 Å². The lowest BCUT2D eigenvalue weighted by atomic mass is 10.1. The van der Waals surface area contributed by atoms with E-state index in [-0.39, 0.29) is 18.3 Å². The van der Waals surface area contributed by atoms with Crippen molar-refractivity contribution in [1.82, 2.24) is 29.8 Å². The SMILES string of the molecule is Cc1nc2nc(N)nn2c(C)c1CC(=O)NCc1ccccc1CN(C)C. The zero-order chi connectivity index (χ0) is 19.6. The predicted octanol–water partition coefficient (Wildman–Crippen LogP) is 1.24. The minimum atomic E-state index is -0.0601. The first-order valence-corrected chi connectivity index (χ1v) is 8.81. The van der Waals surface area contributed by atoms with Gasteiger partial charge >= 0.3 is 0 Å². The van der Waals surface area contributed by atoms with Crippen molar-refractivity contribution in [3.8, 4) is 0 Å². The summed E-state index contributed by atoms with van der Waals surface area (Å²) in [5.41, 5.74) is 10.4. The number of carbonyl (C=O) groups is 1. The lowest BCUT2D eigenvalue weighted by molar-refractivity contribution is -0.120. The summed E-state index contributed by atoms with van der Waals surface area (Å²) >= 11 is 0. The lowest BCUT2D eigenvalue weighted by Crippen LogP contribution is -2.26. The average molecular weight is 367 g/mol. The molecule has 2 aromatic heterocycles. The van der Waals surface area contributed by atoms with Crippen molar-refractivity contribution in [2.45, 2.75) is 33.4 Å². The second-order valence-corrected chi connectivity index (χ2v) is 6.90. The Kier molecular flexibility index (Phi) is 5.36. The molecular formula is C19H25N7O. The number of amides is 1. The molecule has 0 unspecified atom stereocenters. The molecule has 8 heteroatoms. The van der Waals surface area contributed by atoms with Gasteiger partial charge in [-0.05, 0) is 39.1 Å². The van der Waals surface area contributed by atoms with Gasteiger partial charge in [0.15, 0.2) is 0 Å². The molecule has 0 radical (unpaired) electrons. The normalized spacial score (nSPS) is 11.3. The van der Waals surface area contributed by atoms with Gasteiger partial charge in [-0.1, -0.05) is 24.3 Å². The van der Waals surface area contributed by atoms with Crippen LogP contribution in [-0.2, 0) is 24.3 Å². The van der Waals surface area contributed by atoms with Gasteiger partial charge in [0.25, 0.3) is 5.78 Å². The first kappa shape index (κ1) is 18.8. The fourth-order valence-electron chi connectivity index (χ4n) is 3.12. The molecule has 0 bridgehead atoms. The molecule has 3 aromatic rings. The number of benzene rings is 1. The smallest absolute Gasteiger partial charge is 0.254 e. The highest BCUT2D eigenvalue weighted by molar-refractivity contribution is 5.79. The molecule has 0 saturated heterocycles. The molecule has 3 N–H and O–H groups in total. The minimum Gasteiger partial charge on any atom is -0.366 e. The Labute approximate surface area is 158 Å². The number of nitrogens with two attached hydrogens (primary N) is 1. The highest BCUT2D eigenvalue weighted by Gasteiger charge is 2.15. The van der Waals surface area contributed by atoms with Crippen molar-refractivity contribution in [3.05, 3.63) is 52.3 Å². The molecule has 3 rings (SSSR count). The Morgan fingerprint density at radius 1 is 1.19 bits per heavy atom. The summed E-state index contributed by atoms with van der Waals surface area (Å²) in [7, 11) is 4.06. The number of aromatic nitrogens is 4. The zero-order valence-corrected chi connectivity index (χ0v) is 16.2. The monoisotopic (exact) mass is 367 g/mol. The van der Waals surface area contributed by atoms with Crippen molar-refractivity contribution in [2.24, 2.45) is 0 Å². The van der Waals surface area contributed by atoms with Crippen molar-refractivity contribution in [3.63, 3.8) is 0 Å². The van der Waals surface area contributed by atoms with E-state index in [4.69, 9.17) is 5.73 Å². The molecule has 27 heavy (non-hydrogen) atoms. The van der Waals surface area contributed by atoms with E-state index in [0.717, 1.165) is 29.1 Å². The Morgan fingerprint density at radius 2 is 1.89 bits per heavy atom. The molecule has 0 fully saturated rings. The summed E-state index contributed by atoms with van der Waals surface area (Å²) in [6.07, 6.45) is 0.232. The molecule has 0 aliphatic rings. The van der Waals surface area contributed by atoms with Gasteiger partial charge in [0.05, 0.1) is 6.42 Å². The van der Waals surface area contributed by atoms with E-state index in [0.29, 0.717) is 12.3 Å². The van der Waals surface area contributed by atoms with Crippen LogP contribution in [0.15, 0.2) is 24.3 Å². The molecule has 0 spiro atoms. The van der Waals surface area contributed by atoms with Gasteiger partial charge in [0.2, 0.25) is 11.9 Å². The average Bonchev–Trinajstić information content (AvgIpc) is 2.98. The molecule has 8 nitrogen and oxygen atoms in total. The van der Waals surface area contributed by atoms with Crippen molar-refractivity contribution >= 4 is 17.6 Å². The molecule has 0 saturated carbocycles. The van der Waals surface area contributed by atoms with Crippen molar-refractivity contribution < 1.29 is 4.79 Å². The molecule has 0 aliphatic carbocycles. The quantitative estimate of drug-likeness (QED) is 0.680. The molecule has 0 atom stereocenters. The third-order valence-corrected chi connectivity index (χ3v) is 4.48. The van der Waals surface area contributed by atoms with Gasteiger partial charge in [-0.2, -0.15) is 9.50 Å².